The summed E-state index contributed by atoms with van der Waals surface area (Å²) in [6, 6.07) is 7.42. The summed E-state index contributed by atoms with van der Waals surface area (Å²) in [7, 11) is 0. The van der Waals surface area contributed by atoms with Crippen LogP contribution in [0.15, 0.2) is 29.1 Å². The van der Waals surface area contributed by atoms with Gasteiger partial charge in [-0.15, -0.1) is 0 Å². The summed E-state index contributed by atoms with van der Waals surface area (Å²) in [5, 5.41) is 3.62. The van der Waals surface area contributed by atoms with Gasteiger partial charge in [-0.2, -0.15) is 0 Å². The van der Waals surface area contributed by atoms with E-state index < -0.39 is 0 Å². The zero-order chi connectivity index (χ0) is 15.5. The van der Waals surface area contributed by atoms with E-state index in [4.69, 9.17) is 0 Å². The maximum absolute atomic E-state index is 12.2. The van der Waals surface area contributed by atoms with Crippen molar-refractivity contribution in [2.24, 2.45) is 0 Å². The lowest BCUT2D eigenvalue weighted by molar-refractivity contribution is -0.121. The number of nitrogens with one attached hydrogen (secondary N) is 2. The molecule has 1 aliphatic rings. The van der Waals surface area contributed by atoms with Gasteiger partial charge in [0.15, 0.2) is 0 Å². The molecule has 6 heteroatoms. The van der Waals surface area contributed by atoms with Gasteiger partial charge in [-0.25, -0.2) is 4.98 Å². The van der Waals surface area contributed by atoms with Crippen LogP contribution in [0.1, 0.15) is 26.2 Å². The van der Waals surface area contributed by atoms with Crippen molar-refractivity contribution in [3.05, 3.63) is 34.6 Å². The molecule has 2 N–H and O–H groups in total. The average Bonchev–Trinajstić information content (AvgIpc) is 2.55. The number of benzene rings is 1. The molecule has 1 fully saturated rings. The van der Waals surface area contributed by atoms with E-state index in [-0.39, 0.29) is 17.5 Å². The second kappa shape index (κ2) is 6.17. The SMILES string of the molecule is CCC(=O)NC1CCCN(c2nc3ccccc3c(=O)[nH]2)C1. The summed E-state index contributed by atoms with van der Waals surface area (Å²) in [4.78, 5) is 33.2. The molecule has 0 bridgehead atoms. The van der Waals surface area contributed by atoms with Gasteiger partial charge in [0, 0.05) is 25.6 Å². The number of aromatic amines is 1. The molecule has 0 spiro atoms. The number of H-pyrrole nitrogens is 1. The molecule has 6 nitrogen and oxygen atoms in total. The number of para-hydroxylation sites is 1. The summed E-state index contributed by atoms with van der Waals surface area (Å²) < 4.78 is 0. The van der Waals surface area contributed by atoms with Crippen LogP contribution >= 0.6 is 0 Å². The molecule has 2 heterocycles. The molecule has 0 saturated carbocycles. The summed E-state index contributed by atoms with van der Waals surface area (Å²) in [5.74, 6) is 0.644. The number of hydrogen-bond acceptors (Lipinski definition) is 4. The van der Waals surface area contributed by atoms with Crippen LogP contribution in [-0.4, -0.2) is 35.0 Å². The van der Waals surface area contributed by atoms with Crippen molar-refractivity contribution in [1.29, 1.82) is 0 Å². The lowest BCUT2D eigenvalue weighted by atomic mass is 10.1. The van der Waals surface area contributed by atoms with Gasteiger partial charge in [0.05, 0.1) is 10.9 Å². The topological polar surface area (TPSA) is 78.1 Å². The van der Waals surface area contributed by atoms with Crippen LogP contribution in [0.2, 0.25) is 0 Å². The van der Waals surface area contributed by atoms with E-state index in [2.05, 4.69) is 15.3 Å². The van der Waals surface area contributed by atoms with Gasteiger partial charge >= 0.3 is 0 Å². The number of carbonyl (C=O) groups excluding carboxylic acids is 1. The molecule has 22 heavy (non-hydrogen) atoms. The van der Waals surface area contributed by atoms with Crippen molar-refractivity contribution < 1.29 is 4.79 Å². The Morgan fingerprint density at radius 1 is 1.45 bits per heavy atom. The van der Waals surface area contributed by atoms with Crippen molar-refractivity contribution in [3.63, 3.8) is 0 Å². The van der Waals surface area contributed by atoms with Gasteiger partial charge < -0.3 is 10.2 Å². The van der Waals surface area contributed by atoms with Crippen molar-refractivity contribution in [1.82, 2.24) is 15.3 Å². The average molecular weight is 300 g/mol. The third-order valence-electron chi connectivity index (χ3n) is 4.01. The summed E-state index contributed by atoms with van der Waals surface area (Å²) in [6.07, 6.45) is 2.41. The lowest BCUT2D eigenvalue weighted by Crippen LogP contribution is -2.48. The first-order valence-corrected chi connectivity index (χ1v) is 7.70. The Morgan fingerprint density at radius 2 is 2.27 bits per heavy atom. The molecule has 2 aromatic rings. The second-order valence-corrected chi connectivity index (χ2v) is 5.61. The van der Waals surface area contributed by atoms with Gasteiger partial charge in [0.2, 0.25) is 11.9 Å². The molecule has 1 aromatic heterocycles. The van der Waals surface area contributed by atoms with Gasteiger partial charge in [-0.05, 0) is 25.0 Å². The standard InChI is InChI=1S/C16H20N4O2/c1-2-14(21)17-11-6-5-9-20(10-11)16-18-13-8-4-3-7-12(13)15(22)19-16/h3-4,7-8,11H,2,5-6,9-10H2,1H3,(H,17,21)(H,18,19,22). The predicted molar refractivity (Wildman–Crippen MR) is 86.0 cm³/mol. The molecule has 1 atom stereocenters. The molecule has 1 aromatic carbocycles. The van der Waals surface area contributed by atoms with E-state index in [1.54, 1.807) is 6.07 Å². The fraction of sp³-hybridized carbons (Fsp3) is 0.438. The molecule has 1 amide bonds. The fourth-order valence-electron chi connectivity index (χ4n) is 2.84. The Kier molecular flexibility index (Phi) is 4.09. The normalized spacial score (nSPS) is 18.4. The van der Waals surface area contributed by atoms with Gasteiger partial charge in [-0.1, -0.05) is 19.1 Å². The molecule has 1 saturated heterocycles. The maximum Gasteiger partial charge on any atom is 0.260 e. The van der Waals surface area contributed by atoms with Crippen LogP contribution in [0, 0.1) is 0 Å². The van der Waals surface area contributed by atoms with Crippen LogP contribution in [0.4, 0.5) is 5.95 Å². The quantitative estimate of drug-likeness (QED) is 0.898. The van der Waals surface area contributed by atoms with Crippen molar-refractivity contribution in [3.8, 4) is 0 Å². The van der Waals surface area contributed by atoms with Crippen molar-refractivity contribution in [2.75, 3.05) is 18.0 Å². The fourth-order valence-corrected chi connectivity index (χ4v) is 2.84. The third kappa shape index (κ3) is 2.95. The lowest BCUT2D eigenvalue weighted by Gasteiger charge is -2.33. The number of anilines is 1. The van der Waals surface area contributed by atoms with Crippen LogP contribution in [0.5, 0.6) is 0 Å². The number of aromatic nitrogens is 2. The van der Waals surface area contributed by atoms with Crippen LogP contribution < -0.4 is 15.8 Å². The van der Waals surface area contributed by atoms with Crippen molar-refractivity contribution >= 4 is 22.8 Å². The molecule has 116 valence electrons. The van der Waals surface area contributed by atoms with E-state index >= 15 is 0 Å². The Balaban J connectivity index is 1.84. The highest BCUT2D eigenvalue weighted by Crippen LogP contribution is 2.17. The molecular formula is C16H20N4O2. The Labute approximate surface area is 128 Å². The van der Waals surface area contributed by atoms with Crippen LogP contribution in [0.25, 0.3) is 10.9 Å². The Hall–Kier alpha value is -2.37. The second-order valence-electron chi connectivity index (χ2n) is 5.61. The van der Waals surface area contributed by atoms with Crippen LogP contribution in [-0.2, 0) is 4.79 Å². The number of fused-ring (bicyclic) bond motifs is 1. The number of piperidine rings is 1. The van der Waals surface area contributed by atoms with E-state index in [1.165, 1.54) is 0 Å². The zero-order valence-corrected chi connectivity index (χ0v) is 12.6. The number of hydrogen-bond donors (Lipinski definition) is 2. The van der Waals surface area contributed by atoms with Gasteiger partial charge in [0.1, 0.15) is 0 Å². The monoisotopic (exact) mass is 300 g/mol. The first kappa shape index (κ1) is 14.6. The van der Waals surface area contributed by atoms with Gasteiger partial charge in [-0.3, -0.25) is 14.6 Å². The van der Waals surface area contributed by atoms with E-state index in [1.807, 2.05) is 30.0 Å². The summed E-state index contributed by atoms with van der Waals surface area (Å²) in [6.45, 7) is 3.35. The minimum absolute atomic E-state index is 0.0619. The highest BCUT2D eigenvalue weighted by Gasteiger charge is 2.22. The number of nitrogens with zero attached hydrogens (tertiary/aromatic N) is 2. The molecular weight excluding hydrogens is 280 g/mol. The minimum atomic E-state index is -0.125. The highest BCUT2D eigenvalue weighted by molar-refractivity contribution is 5.78. The smallest absolute Gasteiger partial charge is 0.260 e. The number of rotatable bonds is 3. The summed E-state index contributed by atoms with van der Waals surface area (Å²) >= 11 is 0. The minimum Gasteiger partial charge on any atom is -0.352 e. The molecule has 0 radical (unpaired) electrons. The number of amides is 1. The third-order valence-corrected chi connectivity index (χ3v) is 4.01. The van der Waals surface area contributed by atoms with E-state index in [0.717, 1.165) is 19.4 Å². The molecule has 3 rings (SSSR count). The molecule has 0 aliphatic carbocycles. The van der Waals surface area contributed by atoms with Crippen molar-refractivity contribution in [2.45, 2.75) is 32.2 Å². The number of carbonyl (C=O) groups is 1. The van der Waals surface area contributed by atoms with E-state index in [0.29, 0.717) is 29.8 Å². The largest absolute Gasteiger partial charge is 0.352 e. The Bertz CT molecular complexity index is 740. The summed E-state index contributed by atoms with van der Waals surface area (Å²) in [5.41, 5.74) is 0.571. The molecule has 1 aliphatic heterocycles. The first-order valence-electron chi connectivity index (χ1n) is 7.70. The maximum atomic E-state index is 12.2. The Morgan fingerprint density at radius 3 is 3.09 bits per heavy atom. The zero-order valence-electron chi connectivity index (χ0n) is 12.6. The first-order chi connectivity index (χ1) is 10.7. The molecule has 1 unspecified atom stereocenters. The predicted octanol–water partition coefficient (Wildman–Crippen LogP) is 1.42. The highest BCUT2D eigenvalue weighted by atomic mass is 16.1. The van der Waals surface area contributed by atoms with Crippen LogP contribution in [0.3, 0.4) is 0 Å². The van der Waals surface area contributed by atoms with Gasteiger partial charge in [0.25, 0.3) is 5.56 Å². The van der Waals surface area contributed by atoms with E-state index in [9.17, 15) is 9.59 Å².